The van der Waals surface area contributed by atoms with E-state index >= 15 is 0 Å². The predicted molar refractivity (Wildman–Crippen MR) is 57.0 cm³/mol. The second-order valence-corrected chi connectivity index (χ2v) is 5.73. The highest BCUT2D eigenvalue weighted by atomic mass is 127. The maximum Gasteiger partial charge on any atom is 0.00265 e. The van der Waals surface area contributed by atoms with Crippen LogP contribution in [0.1, 0.15) is 33.1 Å². The minimum Gasteiger partial charge on any atom is -0.0861 e. The molecular formula is C10H17I. The van der Waals surface area contributed by atoms with Gasteiger partial charge in [-0.05, 0) is 42.4 Å². The molecule has 0 radical (unpaired) electrons. The van der Waals surface area contributed by atoms with Crippen LogP contribution in [0.15, 0.2) is 0 Å². The molecule has 3 aliphatic carbocycles. The van der Waals surface area contributed by atoms with E-state index in [1.165, 1.54) is 17.3 Å². The summed E-state index contributed by atoms with van der Waals surface area (Å²) in [6.45, 7) is 4.95. The molecule has 2 unspecified atom stereocenters. The summed E-state index contributed by atoms with van der Waals surface area (Å²) in [5.41, 5.74) is 0.702. The SMILES string of the molecule is CC1(C)C2CC[C@H](CI)C1C2. The first kappa shape index (κ1) is 8.33. The molecule has 11 heavy (non-hydrogen) atoms. The van der Waals surface area contributed by atoms with Gasteiger partial charge in [0.1, 0.15) is 0 Å². The van der Waals surface area contributed by atoms with Gasteiger partial charge in [0.05, 0.1) is 0 Å². The first-order chi connectivity index (χ1) is 5.16. The Morgan fingerprint density at radius 1 is 1.36 bits per heavy atom. The monoisotopic (exact) mass is 264 g/mol. The zero-order valence-corrected chi connectivity index (χ0v) is 9.60. The van der Waals surface area contributed by atoms with Gasteiger partial charge in [0, 0.05) is 4.43 Å². The molecule has 0 aromatic rings. The molecule has 0 N–H and O–H groups in total. The second kappa shape index (κ2) is 2.61. The summed E-state index contributed by atoms with van der Waals surface area (Å²) in [6, 6.07) is 0. The lowest BCUT2D eigenvalue weighted by molar-refractivity contribution is -0.0965. The van der Waals surface area contributed by atoms with Crippen LogP contribution < -0.4 is 0 Å². The fourth-order valence-electron chi connectivity index (χ4n) is 3.15. The summed E-state index contributed by atoms with van der Waals surface area (Å²) in [4.78, 5) is 0. The average molecular weight is 264 g/mol. The molecule has 0 amide bonds. The van der Waals surface area contributed by atoms with Gasteiger partial charge in [-0.3, -0.25) is 0 Å². The number of alkyl halides is 1. The fraction of sp³-hybridized carbons (Fsp3) is 1.00. The third-order valence-corrected chi connectivity index (χ3v) is 5.33. The Labute approximate surface area is 83.3 Å². The van der Waals surface area contributed by atoms with Crippen molar-refractivity contribution in [2.75, 3.05) is 4.43 Å². The lowest BCUT2D eigenvalue weighted by Crippen LogP contribution is -2.52. The maximum absolute atomic E-state index is 2.56. The number of fused-ring (bicyclic) bond motifs is 2. The fourth-order valence-corrected chi connectivity index (χ4v) is 4.20. The van der Waals surface area contributed by atoms with Gasteiger partial charge in [-0.15, -0.1) is 0 Å². The standard InChI is InChI=1S/C10H17I/c1-10(2)8-4-3-7(6-11)9(10)5-8/h7-9H,3-6H2,1-2H3/t7-,8?,9?/m1/s1. The van der Waals surface area contributed by atoms with Crippen molar-refractivity contribution in [1.29, 1.82) is 0 Å². The zero-order valence-electron chi connectivity index (χ0n) is 7.44. The third kappa shape index (κ3) is 1.06. The van der Waals surface area contributed by atoms with Crippen molar-refractivity contribution in [1.82, 2.24) is 0 Å². The molecule has 3 aliphatic rings. The van der Waals surface area contributed by atoms with Crippen molar-refractivity contribution < 1.29 is 0 Å². The number of hydrogen-bond acceptors (Lipinski definition) is 0. The minimum absolute atomic E-state index is 0.702. The molecule has 1 heteroatoms. The van der Waals surface area contributed by atoms with Crippen molar-refractivity contribution in [3.8, 4) is 0 Å². The Morgan fingerprint density at radius 2 is 2.09 bits per heavy atom. The van der Waals surface area contributed by atoms with Crippen LogP contribution >= 0.6 is 22.6 Å². The molecule has 64 valence electrons. The summed E-state index contributed by atoms with van der Waals surface area (Å²) >= 11 is 2.56. The van der Waals surface area contributed by atoms with Crippen molar-refractivity contribution >= 4 is 22.6 Å². The third-order valence-electron chi connectivity index (χ3n) is 4.20. The second-order valence-electron chi connectivity index (χ2n) is 4.85. The molecular weight excluding hydrogens is 247 g/mol. The Balaban J connectivity index is 2.10. The van der Waals surface area contributed by atoms with Crippen LogP contribution in [0.4, 0.5) is 0 Å². The molecule has 0 heterocycles. The summed E-state index contributed by atoms with van der Waals surface area (Å²) in [6.07, 6.45) is 4.57. The van der Waals surface area contributed by atoms with E-state index in [0.717, 1.165) is 17.8 Å². The molecule has 0 spiro atoms. The van der Waals surface area contributed by atoms with Gasteiger partial charge in [0.25, 0.3) is 0 Å². The lowest BCUT2D eigenvalue weighted by Gasteiger charge is -2.60. The molecule has 3 saturated carbocycles. The van der Waals surface area contributed by atoms with Crippen LogP contribution in [0.25, 0.3) is 0 Å². The van der Waals surface area contributed by atoms with Crippen LogP contribution in [0.2, 0.25) is 0 Å². The van der Waals surface area contributed by atoms with Gasteiger partial charge in [0.2, 0.25) is 0 Å². The summed E-state index contributed by atoms with van der Waals surface area (Å²) in [7, 11) is 0. The van der Waals surface area contributed by atoms with E-state index in [-0.39, 0.29) is 0 Å². The van der Waals surface area contributed by atoms with Gasteiger partial charge >= 0.3 is 0 Å². The normalized spacial score (nSPS) is 46.6. The largest absolute Gasteiger partial charge is 0.0861 e. The number of rotatable bonds is 1. The highest BCUT2D eigenvalue weighted by Gasteiger charge is 2.53. The van der Waals surface area contributed by atoms with Crippen molar-refractivity contribution in [2.45, 2.75) is 33.1 Å². The van der Waals surface area contributed by atoms with Gasteiger partial charge in [-0.1, -0.05) is 36.4 Å². The Morgan fingerprint density at radius 3 is 2.45 bits per heavy atom. The maximum atomic E-state index is 2.56. The first-order valence-corrected chi connectivity index (χ1v) is 6.24. The van der Waals surface area contributed by atoms with Crippen molar-refractivity contribution in [2.24, 2.45) is 23.2 Å². The van der Waals surface area contributed by atoms with Crippen LogP contribution in [0.3, 0.4) is 0 Å². The topological polar surface area (TPSA) is 0 Å². The van der Waals surface area contributed by atoms with Gasteiger partial charge in [-0.25, -0.2) is 0 Å². The van der Waals surface area contributed by atoms with Gasteiger partial charge in [-0.2, -0.15) is 0 Å². The van der Waals surface area contributed by atoms with E-state index in [1.807, 2.05) is 0 Å². The highest BCUT2D eigenvalue weighted by molar-refractivity contribution is 14.1. The molecule has 0 nitrogen and oxygen atoms in total. The molecule has 0 aromatic carbocycles. The van der Waals surface area contributed by atoms with E-state index in [2.05, 4.69) is 36.4 Å². The molecule has 3 fully saturated rings. The van der Waals surface area contributed by atoms with Gasteiger partial charge < -0.3 is 0 Å². The molecule has 3 atom stereocenters. The Kier molecular flexibility index (Phi) is 1.98. The number of hydrogen-bond donors (Lipinski definition) is 0. The predicted octanol–water partition coefficient (Wildman–Crippen LogP) is 3.49. The molecule has 0 aliphatic heterocycles. The molecule has 2 bridgehead atoms. The van der Waals surface area contributed by atoms with Crippen molar-refractivity contribution in [3.05, 3.63) is 0 Å². The smallest absolute Gasteiger partial charge is 0.00265 e. The van der Waals surface area contributed by atoms with E-state index in [9.17, 15) is 0 Å². The lowest BCUT2D eigenvalue weighted by atomic mass is 9.46. The average Bonchev–Trinajstić information content (AvgIpc) is 2.04. The summed E-state index contributed by atoms with van der Waals surface area (Å²) in [5, 5.41) is 0. The van der Waals surface area contributed by atoms with Crippen LogP contribution in [-0.2, 0) is 0 Å². The minimum atomic E-state index is 0.702. The first-order valence-electron chi connectivity index (χ1n) is 4.72. The highest BCUT2D eigenvalue weighted by Crippen LogP contribution is 2.61. The summed E-state index contributed by atoms with van der Waals surface area (Å²) in [5.74, 6) is 3.19. The number of halogens is 1. The van der Waals surface area contributed by atoms with E-state index in [1.54, 1.807) is 6.42 Å². The molecule has 0 saturated heterocycles. The molecule has 0 aromatic heterocycles. The van der Waals surface area contributed by atoms with Gasteiger partial charge in [0.15, 0.2) is 0 Å². The van der Waals surface area contributed by atoms with Crippen molar-refractivity contribution in [3.63, 3.8) is 0 Å². The Bertz CT molecular complexity index is 160. The van der Waals surface area contributed by atoms with E-state index in [4.69, 9.17) is 0 Å². The van der Waals surface area contributed by atoms with E-state index < -0.39 is 0 Å². The Hall–Kier alpha value is 0.730. The zero-order chi connectivity index (χ0) is 8.06. The van der Waals surface area contributed by atoms with Crippen LogP contribution in [-0.4, -0.2) is 4.43 Å². The van der Waals surface area contributed by atoms with E-state index in [0.29, 0.717) is 5.41 Å². The molecule has 3 rings (SSSR count). The summed E-state index contributed by atoms with van der Waals surface area (Å²) < 4.78 is 1.39. The van der Waals surface area contributed by atoms with Crippen LogP contribution in [0.5, 0.6) is 0 Å². The van der Waals surface area contributed by atoms with Crippen LogP contribution in [0, 0.1) is 23.2 Å². The quantitative estimate of drug-likeness (QED) is 0.502.